The molecule has 4 aliphatic rings. The predicted molar refractivity (Wildman–Crippen MR) is 168 cm³/mol. The third kappa shape index (κ3) is 6.89. The van der Waals surface area contributed by atoms with E-state index in [-0.39, 0.29) is 24.7 Å². The average molecular weight is 592 g/mol. The lowest BCUT2D eigenvalue weighted by molar-refractivity contribution is -0.908. The summed E-state index contributed by atoms with van der Waals surface area (Å²) in [6, 6.07) is 0. The fourth-order valence-electron chi connectivity index (χ4n) is 10.3. The minimum atomic E-state index is -0.482. The quantitative estimate of drug-likeness (QED) is 0.167. The summed E-state index contributed by atoms with van der Waals surface area (Å²) in [7, 11) is 1.98. The highest BCUT2D eigenvalue weighted by molar-refractivity contribution is 5.67. The molecule has 0 radical (unpaired) electrons. The lowest BCUT2D eigenvalue weighted by Gasteiger charge is -2.60. The first-order chi connectivity index (χ1) is 19.9. The number of quaternary nitrogens is 1. The van der Waals surface area contributed by atoms with Crippen molar-refractivity contribution in [2.45, 2.75) is 111 Å². The van der Waals surface area contributed by atoms with E-state index in [2.05, 4.69) is 46.0 Å². The minimum Gasteiger partial charge on any atom is -0.445 e. The molecule has 3 fully saturated rings. The molecule has 42 heavy (non-hydrogen) atoms. The summed E-state index contributed by atoms with van der Waals surface area (Å²) >= 11 is 0. The number of amides is 1. The third-order valence-electron chi connectivity index (χ3n) is 12.8. The molecule has 0 aromatic heterocycles. The van der Waals surface area contributed by atoms with Crippen LogP contribution in [0.4, 0.5) is 4.79 Å². The molecule has 0 heterocycles. The van der Waals surface area contributed by atoms with Gasteiger partial charge in [-0.15, -0.1) is 0 Å². The fraction of sp³-hybridized carbons (Fsp3) is 0.914. The Balaban J connectivity index is 1.44. The van der Waals surface area contributed by atoms with Crippen LogP contribution in [0.2, 0.25) is 0 Å². The molecule has 0 bridgehead atoms. The number of hydrogen-bond donors (Lipinski definition) is 4. The molecule has 7 nitrogen and oxygen atoms in total. The van der Waals surface area contributed by atoms with Crippen LogP contribution in [-0.4, -0.2) is 84.5 Å². The van der Waals surface area contributed by atoms with Crippen molar-refractivity contribution in [1.29, 1.82) is 0 Å². The summed E-state index contributed by atoms with van der Waals surface area (Å²) in [4.78, 5) is 13.1. The molecule has 4 rings (SSSR count). The molecule has 9 atom stereocenters. The van der Waals surface area contributed by atoms with Crippen LogP contribution in [0.3, 0.4) is 0 Å². The van der Waals surface area contributed by atoms with E-state index >= 15 is 0 Å². The molecule has 4 N–H and O–H groups in total. The van der Waals surface area contributed by atoms with Crippen LogP contribution in [0.15, 0.2) is 11.6 Å². The number of nitrogens with zero attached hydrogens (tertiary/aromatic N) is 1. The highest BCUT2D eigenvalue weighted by atomic mass is 16.6. The average Bonchev–Trinajstić information content (AvgIpc) is 3.27. The molecule has 242 valence electrons. The van der Waals surface area contributed by atoms with Crippen molar-refractivity contribution < 1.29 is 29.3 Å². The number of rotatable bonds is 13. The zero-order valence-electron chi connectivity index (χ0n) is 27.6. The van der Waals surface area contributed by atoms with Crippen LogP contribution in [0, 0.1) is 46.3 Å². The van der Waals surface area contributed by atoms with Gasteiger partial charge in [-0.05, 0) is 79.4 Å². The highest BCUT2D eigenvalue weighted by Crippen LogP contribution is 2.67. The van der Waals surface area contributed by atoms with Gasteiger partial charge in [-0.3, -0.25) is 0 Å². The molecule has 0 spiro atoms. The van der Waals surface area contributed by atoms with Crippen LogP contribution in [0.5, 0.6) is 0 Å². The molecule has 0 aromatic rings. The first-order valence-electron chi connectivity index (χ1n) is 17.2. The van der Waals surface area contributed by atoms with Crippen molar-refractivity contribution in [2.75, 3.05) is 46.4 Å². The Morgan fingerprint density at radius 2 is 1.79 bits per heavy atom. The number of alkyl carbamates (subject to hydrolysis) is 1. The SMILES string of the molecule is CC(C)CCC[C@@H](C)[C@H]1CC[C@H]2[C@@H]3CC=C4C[C@@H](O)CC(OC(=O)NCC[N+](C)(CCO)CCO)[C@]4(C)[C@H]3CC[C@]12C. The molecular formula is C35H63N2O5+. The van der Waals surface area contributed by atoms with Gasteiger partial charge in [0.25, 0.3) is 0 Å². The fourth-order valence-corrected chi connectivity index (χ4v) is 10.3. The molecule has 1 unspecified atom stereocenters. The number of allylic oxidation sites excluding steroid dienone is 1. The number of fused-ring (bicyclic) bond motifs is 5. The first kappa shape index (κ1) is 33.7. The van der Waals surface area contributed by atoms with Gasteiger partial charge in [0.05, 0.1) is 39.5 Å². The second kappa shape index (κ2) is 13.9. The van der Waals surface area contributed by atoms with Crippen LogP contribution < -0.4 is 5.32 Å². The maximum atomic E-state index is 13.1. The number of nitrogens with one attached hydrogen (secondary N) is 1. The van der Waals surface area contributed by atoms with Gasteiger partial charge in [-0.1, -0.05) is 65.5 Å². The summed E-state index contributed by atoms with van der Waals surface area (Å²) < 4.78 is 6.71. The number of aliphatic hydroxyl groups excluding tert-OH is 3. The van der Waals surface area contributed by atoms with E-state index in [1.165, 1.54) is 50.5 Å². The summed E-state index contributed by atoms with van der Waals surface area (Å²) in [6.07, 6.45) is 12.6. The minimum absolute atomic E-state index is 0.0365. The van der Waals surface area contributed by atoms with Crippen molar-refractivity contribution in [3.05, 3.63) is 11.6 Å². The molecule has 7 heteroatoms. The van der Waals surface area contributed by atoms with Crippen molar-refractivity contribution in [3.63, 3.8) is 0 Å². The molecule has 3 saturated carbocycles. The largest absolute Gasteiger partial charge is 0.445 e. The van der Waals surface area contributed by atoms with Gasteiger partial charge in [-0.2, -0.15) is 0 Å². The van der Waals surface area contributed by atoms with Gasteiger partial charge in [0.15, 0.2) is 0 Å². The first-order valence-corrected chi connectivity index (χ1v) is 17.2. The number of ether oxygens (including phenoxy) is 1. The van der Waals surface area contributed by atoms with E-state index in [0.717, 1.165) is 30.1 Å². The topological polar surface area (TPSA) is 99.0 Å². The summed E-state index contributed by atoms with van der Waals surface area (Å²) in [5, 5.41) is 32.7. The van der Waals surface area contributed by atoms with Crippen molar-refractivity contribution in [2.24, 2.45) is 46.3 Å². The maximum absolute atomic E-state index is 13.1. The Morgan fingerprint density at radius 1 is 1.07 bits per heavy atom. The lowest BCUT2D eigenvalue weighted by atomic mass is 9.46. The number of aliphatic hydroxyl groups is 3. The monoisotopic (exact) mass is 591 g/mol. The number of carbonyl (C=O) groups excluding carboxylic acids is 1. The van der Waals surface area contributed by atoms with E-state index in [0.29, 0.717) is 60.8 Å². The zero-order valence-corrected chi connectivity index (χ0v) is 27.6. The molecule has 0 aromatic carbocycles. The van der Waals surface area contributed by atoms with Crippen LogP contribution in [0.25, 0.3) is 0 Å². The summed E-state index contributed by atoms with van der Waals surface area (Å²) in [5.41, 5.74) is 1.46. The molecule has 0 aliphatic heterocycles. The predicted octanol–water partition coefficient (Wildman–Crippen LogP) is 5.52. The second-order valence-corrected chi connectivity index (χ2v) is 15.8. The third-order valence-corrected chi connectivity index (χ3v) is 12.8. The standard InChI is InChI=1S/C35H62N2O5/c1-24(2)8-7-9-25(3)29-12-13-30-28-11-10-26-22-27(40)23-32(35(26,5)31(28)14-15-34(29,30)4)42-33(41)36-16-17-37(6,18-20-38)19-21-39/h10,24-25,27-32,38-40H,7-9,11-23H2,1-6H3/p+1/t25-,27-,28+,29-,30+,31+,32?,34-,35+/m1/s1. The number of likely N-dealkylation sites (N-methyl/N-ethyl adjacent to an activating group) is 1. The molecule has 1 amide bonds. The van der Waals surface area contributed by atoms with E-state index in [1.54, 1.807) is 0 Å². The summed E-state index contributed by atoms with van der Waals surface area (Å²) in [6.45, 7) is 14.3. The zero-order chi connectivity index (χ0) is 30.7. The Hall–Kier alpha value is -1.15. The molecule has 4 aliphatic carbocycles. The summed E-state index contributed by atoms with van der Waals surface area (Å²) in [5.74, 6) is 4.18. The van der Waals surface area contributed by atoms with E-state index in [9.17, 15) is 20.1 Å². The van der Waals surface area contributed by atoms with E-state index in [4.69, 9.17) is 4.74 Å². The Labute approximate surface area is 256 Å². The van der Waals surface area contributed by atoms with Crippen molar-refractivity contribution >= 4 is 6.09 Å². The van der Waals surface area contributed by atoms with Gasteiger partial charge in [-0.25, -0.2) is 4.79 Å². The van der Waals surface area contributed by atoms with Crippen molar-refractivity contribution in [3.8, 4) is 0 Å². The van der Waals surface area contributed by atoms with Crippen molar-refractivity contribution in [1.82, 2.24) is 5.32 Å². The lowest BCUT2D eigenvalue weighted by Crippen LogP contribution is -2.57. The molecule has 0 saturated heterocycles. The van der Waals surface area contributed by atoms with Crippen LogP contribution in [0.1, 0.15) is 98.8 Å². The molecular weight excluding hydrogens is 528 g/mol. The highest BCUT2D eigenvalue weighted by Gasteiger charge is 2.61. The second-order valence-electron chi connectivity index (χ2n) is 15.8. The van der Waals surface area contributed by atoms with Crippen LogP contribution >= 0.6 is 0 Å². The van der Waals surface area contributed by atoms with Gasteiger partial charge in [0, 0.05) is 11.8 Å². The van der Waals surface area contributed by atoms with E-state index < -0.39 is 12.2 Å². The Morgan fingerprint density at radius 3 is 2.45 bits per heavy atom. The Kier molecular flexibility index (Phi) is 11.1. The number of carbonyl (C=O) groups is 1. The van der Waals surface area contributed by atoms with Crippen LogP contribution in [-0.2, 0) is 4.74 Å². The van der Waals surface area contributed by atoms with Gasteiger partial charge < -0.3 is 29.9 Å². The van der Waals surface area contributed by atoms with Gasteiger partial charge >= 0.3 is 6.09 Å². The maximum Gasteiger partial charge on any atom is 0.407 e. The van der Waals surface area contributed by atoms with Gasteiger partial charge in [0.1, 0.15) is 19.2 Å². The normalized spacial score (nSPS) is 37.0. The number of hydrogen-bond acceptors (Lipinski definition) is 5. The Bertz CT molecular complexity index is 932. The van der Waals surface area contributed by atoms with E-state index in [1.807, 2.05) is 7.05 Å². The van der Waals surface area contributed by atoms with Gasteiger partial charge in [0.2, 0.25) is 0 Å². The smallest absolute Gasteiger partial charge is 0.407 e.